The number of halogens is 1. The fourth-order valence-corrected chi connectivity index (χ4v) is 6.23. The number of aryl methyl sites for hydroxylation is 2. The van der Waals surface area contributed by atoms with Gasteiger partial charge in [-0.25, -0.2) is 4.39 Å². The molecule has 5 rings (SSSR count). The molecule has 0 spiro atoms. The molecule has 1 aliphatic heterocycles. The van der Waals surface area contributed by atoms with Crippen LogP contribution in [0.2, 0.25) is 0 Å². The Morgan fingerprint density at radius 2 is 1.87 bits per heavy atom. The molecule has 2 amide bonds. The van der Waals surface area contributed by atoms with Gasteiger partial charge in [0.25, 0.3) is 11.8 Å². The van der Waals surface area contributed by atoms with Crippen LogP contribution in [-0.4, -0.2) is 60.2 Å². The lowest BCUT2D eigenvalue weighted by molar-refractivity contribution is 0.0750. The zero-order valence-electron chi connectivity index (χ0n) is 26.7. The first kappa shape index (κ1) is 32.6. The van der Waals surface area contributed by atoms with Crippen LogP contribution in [0, 0.1) is 12.7 Å². The van der Waals surface area contributed by atoms with Crippen LogP contribution < -0.4 is 15.4 Å². The summed E-state index contributed by atoms with van der Waals surface area (Å²) in [6.07, 6.45) is 4.35. The Morgan fingerprint density at radius 3 is 2.62 bits per heavy atom. The van der Waals surface area contributed by atoms with Gasteiger partial charge in [-0.3, -0.25) is 9.59 Å². The summed E-state index contributed by atoms with van der Waals surface area (Å²) in [4.78, 5) is 29.1. The van der Waals surface area contributed by atoms with Crippen LogP contribution in [0.15, 0.2) is 60.7 Å². The molecular weight excluding hydrogens is 569 g/mol. The minimum absolute atomic E-state index is 0.115. The van der Waals surface area contributed by atoms with Crippen LogP contribution in [0.5, 0.6) is 5.75 Å². The molecule has 0 radical (unpaired) electrons. The number of hydrogen-bond donors (Lipinski definition) is 3. The lowest BCUT2D eigenvalue weighted by atomic mass is 9.97. The summed E-state index contributed by atoms with van der Waals surface area (Å²) in [6.45, 7) is 7.82. The molecule has 1 heterocycles. The second-order valence-electron chi connectivity index (χ2n) is 12.6. The van der Waals surface area contributed by atoms with Gasteiger partial charge < -0.3 is 25.4 Å². The standard InChI is InChI=1S/C37H46FN3O4/c1-4-13-41-14-6-7-15-45-32-20-27(19-31(38)23-32)21-33(40-35(43)28-16-25(3)17-29(22-28)36(41)44)34(42)24-39-37(11-12-37)30-10-8-9-26(5-2)18-30/h8-10,16-20,22-23,33-34,39,42H,4-7,11-15,21,24H2,1-3H3,(H,40,43)/t33-,34+/m0/s1. The Hall–Kier alpha value is -3.75. The number of aliphatic hydroxyl groups is 1. The summed E-state index contributed by atoms with van der Waals surface area (Å²) in [7, 11) is 0. The molecule has 240 valence electrons. The molecule has 3 aromatic carbocycles. The van der Waals surface area contributed by atoms with Crippen molar-refractivity contribution in [3.05, 3.63) is 99.9 Å². The first-order valence-corrected chi connectivity index (χ1v) is 16.4. The van der Waals surface area contributed by atoms with Gasteiger partial charge in [-0.1, -0.05) is 38.1 Å². The number of carbonyl (C=O) groups excluding carboxylic acids is 2. The third-order valence-corrected chi connectivity index (χ3v) is 8.91. The van der Waals surface area contributed by atoms with E-state index in [4.69, 9.17) is 4.74 Å². The lowest BCUT2D eigenvalue weighted by Crippen LogP contribution is -2.50. The monoisotopic (exact) mass is 615 g/mol. The van der Waals surface area contributed by atoms with Crippen LogP contribution in [-0.2, 0) is 18.4 Å². The van der Waals surface area contributed by atoms with Crippen molar-refractivity contribution in [2.45, 2.75) is 83.4 Å². The van der Waals surface area contributed by atoms with Crippen molar-refractivity contribution >= 4 is 11.8 Å². The Balaban J connectivity index is 1.43. The van der Waals surface area contributed by atoms with E-state index in [1.807, 2.05) is 24.8 Å². The first-order chi connectivity index (χ1) is 21.7. The third-order valence-electron chi connectivity index (χ3n) is 8.91. The highest BCUT2D eigenvalue weighted by molar-refractivity contribution is 6.00. The largest absolute Gasteiger partial charge is 0.493 e. The Morgan fingerprint density at radius 1 is 1.07 bits per heavy atom. The molecule has 3 aromatic rings. The van der Waals surface area contributed by atoms with Crippen molar-refractivity contribution in [2.24, 2.45) is 0 Å². The highest BCUT2D eigenvalue weighted by Crippen LogP contribution is 2.45. The molecular formula is C37H46FN3O4. The van der Waals surface area contributed by atoms with Crippen molar-refractivity contribution < 1.29 is 23.8 Å². The van der Waals surface area contributed by atoms with Gasteiger partial charge in [-0.2, -0.15) is 0 Å². The van der Waals surface area contributed by atoms with E-state index < -0.39 is 23.9 Å². The van der Waals surface area contributed by atoms with Crippen LogP contribution >= 0.6 is 0 Å². The SMILES string of the molecule is CCCN1CCCCOc2cc(F)cc(c2)C[C@@H]([C@H](O)CNC2(c3cccc(CC)c3)CC2)NC(=O)c2cc(C)cc(c2)C1=O. The van der Waals surface area contributed by atoms with Gasteiger partial charge in [0.15, 0.2) is 0 Å². The van der Waals surface area contributed by atoms with E-state index in [2.05, 4.69) is 41.8 Å². The average Bonchev–Trinajstić information content (AvgIpc) is 3.82. The molecule has 0 saturated heterocycles. The van der Waals surface area contributed by atoms with Crippen LogP contribution in [0.25, 0.3) is 0 Å². The zero-order chi connectivity index (χ0) is 32.0. The predicted molar refractivity (Wildman–Crippen MR) is 174 cm³/mol. The molecule has 2 aliphatic rings. The van der Waals surface area contributed by atoms with Gasteiger partial charge in [0.05, 0.1) is 18.8 Å². The number of ether oxygens (including phenoxy) is 1. The summed E-state index contributed by atoms with van der Waals surface area (Å²) in [5.41, 5.74) is 4.49. The molecule has 0 unspecified atom stereocenters. The smallest absolute Gasteiger partial charge is 0.253 e. The summed E-state index contributed by atoms with van der Waals surface area (Å²) in [5.74, 6) is -0.540. The van der Waals surface area contributed by atoms with E-state index in [0.717, 1.165) is 37.7 Å². The molecule has 4 bridgehead atoms. The number of carbonyl (C=O) groups is 2. The molecule has 7 nitrogen and oxygen atoms in total. The van der Waals surface area contributed by atoms with E-state index in [1.165, 1.54) is 23.3 Å². The van der Waals surface area contributed by atoms with Crippen LogP contribution in [0.3, 0.4) is 0 Å². The number of benzene rings is 3. The second-order valence-corrected chi connectivity index (χ2v) is 12.6. The van der Waals surface area contributed by atoms with E-state index in [-0.39, 0.29) is 24.4 Å². The van der Waals surface area contributed by atoms with Gasteiger partial charge in [0, 0.05) is 42.4 Å². The molecule has 1 saturated carbocycles. The fourth-order valence-electron chi connectivity index (χ4n) is 6.23. The lowest BCUT2D eigenvalue weighted by Gasteiger charge is -2.28. The maximum Gasteiger partial charge on any atom is 0.253 e. The van der Waals surface area contributed by atoms with E-state index in [1.54, 1.807) is 18.2 Å². The van der Waals surface area contributed by atoms with Crippen LogP contribution in [0.4, 0.5) is 4.39 Å². The van der Waals surface area contributed by atoms with E-state index in [9.17, 15) is 19.1 Å². The molecule has 1 aliphatic carbocycles. The fraction of sp³-hybridized carbons (Fsp3) is 0.459. The van der Waals surface area contributed by atoms with Crippen molar-refractivity contribution in [1.82, 2.24) is 15.5 Å². The van der Waals surface area contributed by atoms with E-state index in [0.29, 0.717) is 48.6 Å². The summed E-state index contributed by atoms with van der Waals surface area (Å²) in [6, 6.07) is 17.5. The molecule has 2 atom stereocenters. The number of fused-ring (bicyclic) bond motifs is 4. The van der Waals surface area contributed by atoms with Crippen molar-refractivity contribution in [1.29, 1.82) is 0 Å². The van der Waals surface area contributed by atoms with Crippen molar-refractivity contribution in [3.8, 4) is 5.75 Å². The Kier molecular flexibility index (Phi) is 10.6. The third kappa shape index (κ3) is 8.30. The quantitative estimate of drug-likeness (QED) is 0.303. The van der Waals surface area contributed by atoms with Gasteiger partial charge in [0.1, 0.15) is 11.6 Å². The summed E-state index contributed by atoms with van der Waals surface area (Å²) in [5, 5.41) is 18.2. The molecule has 3 N–H and O–H groups in total. The minimum atomic E-state index is -0.971. The number of rotatable bonds is 8. The molecule has 8 heteroatoms. The van der Waals surface area contributed by atoms with Gasteiger partial charge in [-0.15, -0.1) is 0 Å². The van der Waals surface area contributed by atoms with Gasteiger partial charge in [0.2, 0.25) is 0 Å². The highest BCUT2D eigenvalue weighted by atomic mass is 19.1. The highest BCUT2D eigenvalue weighted by Gasteiger charge is 2.44. The minimum Gasteiger partial charge on any atom is -0.493 e. The number of amides is 2. The maximum atomic E-state index is 14.7. The molecule has 0 aromatic heterocycles. The summed E-state index contributed by atoms with van der Waals surface area (Å²) >= 11 is 0. The van der Waals surface area contributed by atoms with Gasteiger partial charge >= 0.3 is 0 Å². The van der Waals surface area contributed by atoms with Crippen molar-refractivity contribution in [2.75, 3.05) is 26.2 Å². The number of aliphatic hydroxyl groups excluding tert-OH is 1. The number of nitrogens with zero attached hydrogens (tertiary/aromatic N) is 1. The van der Waals surface area contributed by atoms with Crippen LogP contribution in [0.1, 0.15) is 88.9 Å². The average molecular weight is 616 g/mol. The Bertz CT molecular complexity index is 1500. The summed E-state index contributed by atoms with van der Waals surface area (Å²) < 4.78 is 20.7. The number of hydrogen-bond acceptors (Lipinski definition) is 5. The second kappa shape index (κ2) is 14.6. The van der Waals surface area contributed by atoms with E-state index >= 15 is 0 Å². The maximum absolute atomic E-state index is 14.7. The Labute approximate surface area is 266 Å². The topological polar surface area (TPSA) is 90.9 Å². The van der Waals surface area contributed by atoms with Gasteiger partial charge in [-0.05, 0) is 104 Å². The first-order valence-electron chi connectivity index (χ1n) is 16.4. The zero-order valence-corrected chi connectivity index (χ0v) is 26.7. The predicted octanol–water partition coefficient (Wildman–Crippen LogP) is 5.70. The number of nitrogens with one attached hydrogen (secondary N) is 2. The molecule has 1 fully saturated rings. The molecule has 45 heavy (non-hydrogen) atoms. The normalized spacial score (nSPS) is 19.3. The van der Waals surface area contributed by atoms with Crippen molar-refractivity contribution in [3.63, 3.8) is 0 Å².